The normalized spacial score (nSPS) is 17.2. The topological polar surface area (TPSA) is 98.1 Å². The van der Waals surface area contributed by atoms with Crippen LogP contribution in [-0.4, -0.2) is 57.6 Å². The van der Waals surface area contributed by atoms with Crippen LogP contribution in [0.2, 0.25) is 0 Å². The van der Waals surface area contributed by atoms with E-state index in [1.54, 1.807) is 25.4 Å². The van der Waals surface area contributed by atoms with E-state index in [1.807, 2.05) is 0 Å². The highest BCUT2D eigenvalue weighted by atomic mass is 32.2. The van der Waals surface area contributed by atoms with E-state index in [0.29, 0.717) is 10.6 Å². The Bertz CT molecular complexity index is 825. The highest BCUT2D eigenvalue weighted by Gasteiger charge is 2.47. The van der Waals surface area contributed by atoms with Crippen molar-refractivity contribution in [3.63, 3.8) is 0 Å². The van der Waals surface area contributed by atoms with Crippen LogP contribution in [0, 0.1) is 0 Å². The van der Waals surface area contributed by atoms with Gasteiger partial charge in [0.2, 0.25) is 0 Å². The Hall–Kier alpha value is -2.74. The minimum Gasteiger partial charge on any atom is -0.508 e. The fraction of sp³-hybridized carbons (Fsp3) is 0.188. The van der Waals surface area contributed by atoms with E-state index < -0.39 is 18.4 Å². The third kappa shape index (κ3) is 2.26. The zero-order chi connectivity index (χ0) is 17.6. The second-order valence-corrected chi connectivity index (χ2v) is 6.10. The molecular weight excluding hydrogens is 332 g/mol. The van der Waals surface area contributed by atoms with Crippen LogP contribution in [0.15, 0.2) is 40.4 Å². The van der Waals surface area contributed by atoms with Gasteiger partial charge in [-0.15, -0.1) is 11.8 Å². The van der Waals surface area contributed by atoms with Gasteiger partial charge in [0.15, 0.2) is 0 Å². The molecule has 0 bridgehead atoms. The fourth-order valence-corrected chi connectivity index (χ4v) is 3.63. The van der Waals surface area contributed by atoms with E-state index in [4.69, 9.17) is 5.11 Å². The Labute approximate surface area is 141 Å². The Kier molecular flexibility index (Phi) is 3.84. The molecule has 2 amide bonds. The molecule has 24 heavy (non-hydrogen) atoms. The van der Waals surface area contributed by atoms with Gasteiger partial charge in [0.25, 0.3) is 11.8 Å². The molecule has 0 aromatic heterocycles. The molecule has 2 aliphatic rings. The molecule has 2 aliphatic heterocycles. The number of carbonyl (C=O) groups excluding carboxylic acids is 2. The molecule has 2 heterocycles. The standard InChI is InChI=1S/C16H14N2O5S/c1-17-14(22)11-12(16(17)24-2)15(23)18(7-10(20)21)13(11)8-3-5-9(19)6-4-8/h3-6,19H,7H2,1-2H3,(H,20,21). The van der Waals surface area contributed by atoms with Crippen molar-refractivity contribution in [2.75, 3.05) is 19.8 Å². The number of nitrogens with zero attached hydrogens (tertiary/aromatic N) is 2. The van der Waals surface area contributed by atoms with Crippen LogP contribution in [0.1, 0.15) is 5.56 Å². The number of phenols is 1. The molecule has 0 atom stereocenters. The van der Waals surface area contributed by atoms with Crippen LogP contribution in [0.3, 0.4) is 0 Å². The number of rotatable bonds is 4. The van der Waals surface area contributed by atoms with Crippen molar-refractivity contribution >= 4 is 35.2 Å². The Balaban J connectivity index is 2.26. The maximum absolute atomic E-state index is 12.8. The van der Waals surface area contributed by atoms with Gasteiger partial charge in [-0.3, -0.25) is 19.3 Å². The molecule has 7 nitrogen and oxygen atoms in total. The third-order valence-electron chi connectivity index (χ3n) is 3.88. The van der Waals surface area contributed by atoms with Gasteiger partial charge in [0, 0.05) is 7.05 Å². The van der Waals surface area contributed by atoms with Crippen molar-refractivity contribution in [2.45, 2.75) is 0 Å². The number of aromatic hydroxyl groups is 1. The molecule has 0 spiro atoms. The molecule has 8 heteroatoms. The van der Waals surface area contributed by atoms with Crippen LogP contribution in [0.25, 0.3) is 5.70 Å². The van der Waals surface area contributed by atoms with E-state index >= 15 is 0 Å². The molecule has 1 aromatic rings. The molecule has 0 fully saturated rings. The number of hydrogen-bond donors (Lipinski definition) is 2. The van der Waals surface area contributed by atoms with E-state index in [-0.39, 0.29) is 28.5 Å². The summed E-state index contributed by atoms with van der Waals surface area (Å²) < 4.78 is 0. The molecule has 0 unspecified atom stereocenters. The highest BCUT2D eigenvalue weighted by Crippen LogP contribution is 2.45. The average Bonchev–Trinajstić information content (AvgIpc) is 2.94. The van der Waals surface area contributed by atoms with Gasteiger partial charge in [0.1, 0.15) is 12.3 Å². The smallest absolute Gasteiger partial charge is 0.323 e. The first kappa shape index (κ1) is 16.1. The number of carboxylic acid groups (broad SMARTS) is 1. The maximum atomic E-state index is 12.8. The predicted octanol–water partition coefficient (Wildman–Crippen LogP) is 1.08. The minimum absolute atomic E-state index is 0.0360. The number of phenolic OH excluding ortho intramolecular Hbond substituents is 1. The van der Waals surface area contributed by atoms with Crippen molar-refractivity contribution in [1.29, 1.82) is 0 Å². The Morgan fingerprint density at radius 3 is 2.29 bits per heavy atom. The van der Waals surface area contributed by atoms with Crippen LogP contribution in [0.4, 0.5) is 0 Å². The zero-order valence-electron chi connectivity index (χ0n) is 12.9. The summed E-state index contributed by atoms with van der Waals surface area (Å²) in [7, 11) is 1.58. The number of benzene rings is 1. The summed E-state index contributed by atoms with van der Waals surface area (Å²) >= 11 is 1.26. The van der Waals surface area contributed by atoms with Crippen LogP contribution in [0.5, 0.6) is 5.75 Å². The number of amides is 2. The molecule has 0 aliphatic carbocycles. The minimum atomic E-state index is -1.17. The summed E-state index contributed by atoms with van der Waals surface area (Å²) in [5.41, 5.74) is 1.20. The van der Waals surface area contributed by atoms with Crippen molar-refractivity contribution in [1.82, 2.24) is 9.80 Å². The summed E-state index contributed by atoms with van der Waals surface area (Å²) in [6.07, 6.45) is 1.75. The molecule has 0 radical (unpaired) electrons. The molecule has 124 valence electrons. The van der Waals surface area contributed by atoms with Gasteiger partial charge in [-0.25, -0.2) is 0 Å². The van der Waals surface area contributed by atoms with E-state index in [9.17, 15) is 19.5 Å². The molecule has 1 aromatic carbocycles. The lowest BCUT2D eigenvalue weighted by Crippen LogP contribution is -2.32. The maximum Gasteiger partial charge on any atom is 0.323 e. The second-order valence-electron chi connectivity index (χ2n) is 5.30. The second kappa shape index (κ2) is 5.72. The zero-order valence-corrected chi connectivity index (χ0v) is 13.8. The van der Waals surface area contributed by atoms with Gasteiger partial charge in [-0.05, 0) is 36.1 Å². The van der Waals surface area contributed by atoms with Gasteiger partial charge >= 0.3 is 5.97 Å². The fourth-order valence-electron chi connectivity index (χ4n) is 2.88. The first-order valence-corrected chi connectivity index (χ1v) is 8.23. The SMILES string of the molecule is CSC1=C2C(=O)N(CC(=O)O)C(c3ccc(O)cc3)=C2C(=O)N1C. The number of carbonyl (C=O) groups is 3. The van der Waals surface area contributed by atoms with Crippen molar-refractivity contribution in [2.24, 2.45) is 0 Å². The third-order valence-corrected chi connectivity index (χ3v) is 4.74. The van der Waals surface area contributed by atoms with Crippen LogP contribution >= 0.6 is 11.8 Å². The Morgan fingerprint density at radius 1 is 1.12 bits per heavy atom. The lowest BCUT2D eigenvalue weighted by Gasteiger charge is -2.21. The number of likely N-dealkylation sites (N-methyl/N-ethyl adjacent to an activating group) is 1. The van der Waals surface area contributed by atoms with E-state index in [0.717, 1.165) is 4.90 Å². The summed E-state index contributed by atoms with van der Waals surface area (Å²) in [4.78, 5) is 39.0. The number of carboxylic acids is 1. The average molecular weight is 346 g/mol. The summed E-state index contributed by atoms with van der Waals surface area (Å²) in [5, 5.41) is 19.1. The summed E-state index contributed by atoms with van der Waals surface area (Å²) in [6, 6.07) is 5.94. The quantitative estimate of drug-likeness (QED) is 0.846. The number of hydrogen-bond acceptors (Lipinski definition) is 5. The first-order valence-electron chi connectivity index (χ1n) is 7.00. The first-order chi connectivity index (χ1) is 11.4. The lowest BCUT2D eigenvalue weighted by molar-refractivity contribution is -0.140. The lowest BCUT2D eigenvalue weighted by atomic mass is 10.0. The Morgan fingerprint density at radius 2 is 1.75 bits per heavy atom. The summed E-state index contributed by atoms with van der Waals surface area (Å²) in [6.45, 7) is -0.541. The molecule has 2 N–H and O–H groups in total. The van der Waals surface area contributed by atoms with Crippen molar-refractivity contribution in [3.05, 3.63) is 46.0 Å². The van der Waals surface area contributed by atoms with Gasteiger partial charge in [-0.2, -0.15) is 0 Å². The molecule has 0 saturated heterocycles. The predicted molar refractivity (Wildman–Crippen MR) is 87.7 cm³/mol. The molecule has 3 rings (SSSR count). The number of thioether (sulfide) groups is 1. The molecule has 0 saturated carbocycles. The van der Waals surface area contributed by atoms with Gasteiger partial charge in [-0.1, -0.05) is 0 Å². The van der Waals surface area contributed by atoms with Gasteiger partial charge in [0.05, 0.1) is 21.9 Å². The number of aliphatic carboxylic acids is 1. The van der Waals surface area contributed by atoms with Crippen LogP contribution < -0.4 is 0 Å². The monoisotopic (exact) mass is 346 g/mol. The highest BCUT2D eigenvalue weighted by molar-refractivity contribution is 8.02. The van der Waals surface area contributed by atoms with E-state index in [1.165, 1.54) is 28.8 Å². The van der Waals surface area contributed by atoms with Gasteiger partial charge < -0.3 is 15.1 Å². The van der Waals surface area contributed by atoms with Crippen molar-refractivity contribution in [3.8, 4) is 5.75 Å². The largest absolute Gasteiger partial charge is 0.508 e. The summed E-state index contributed by atoms with van der Waals surface area (Å²) in [5.74, 6) is -1.99. The van der Waals surface area contributed by atoms with Crippen LogP contribution in [-0.2, 0) is 14.4 Å². The van der Waals surface area contributed by atoms with Crippen molar-refractivity contribution < 1.29 is 24.6 Å². The molecular formula is C16H14N2O5S. The van der Waals surface area contributed by atoms with E-state index in [2.05, 4.69) is 0 Å². The number of fused-ring (bicyclic) bond motifs is 1.